The van der Waals surface area contributed by atoms with Crippen molar-refractivity contribution >= 4 is 34.1 Å². The van der Waals surface area contributed by atoms with Gasteiger partial charge in [0.05, 0.1) is 10.5 Å². The second kappa shape index (κ2) is 4.56. The SMILES string of the molecule is CCCc1cc2cc(F)cc(Cl)c2nc1Cl. The van der Waals surface area contributed by atoms with Crippen LogP contribution in [-0.4, -0.2) is 4.98 Å². The highest BCUT2D eigenvalue weighted by Gasteiger charge is 2.08. The normalized spacial score (nSPS) is 11.0. The van der Waals surface area contributed by atoms with Crippen LogP contribution in [0.2, 0.25) is 10.2 Å². The second-order valence-corrected chi connectivity index (χ2v) is 4.41. The summed E-state index contributed by atoms with van der Waals surface area (Å²) in [6.07, 6.45) is 1.80. The van der Waals surface area contributed by atoms with Gasteiger partial charge in [0, 0.05) is 5.39 Å². The molecule has 0 unspecified atom stereocenters. The smallest absolute Gasteiger partial charge is 0.133 e. The van der Waals surface area contributed by atoms with E-state index >= 15 is 0 Å². The van der Waals surface area contributed by atoms with Crippen LogP contribution in [0.4, 0.5) is 4.39 Å². The first kappa shape index (κ1) is 11.6. The van der Waals surface area contributed by atoms with Crippen LogP contribution < -0.4 is 0 Å². The first-order valence-corrected chi connectivity index (χ1v) is 5.81. The molecule has 4 heteroatoms. The van der Waals surface area contributed by atoms with Gasteiger partial charge in [-0.05, 0) is 30.2 Å². The molecule has 84 valence electrons. The molecule has 1 heterocycles. The molecule has 1 aromatic heterocycles. The summed E-state index contributed by atoms with van der Waals surface area (Å²) in [5.74, 6) is -0.357. The minimum absolute atomic E-state index is 0.292. The van der Waals surface area contributed by atoms with Crippen molar-refractivity contribution in [1.29, 1.82) is 0 Å². The van der Waals surface area contributed by atoms with E-state index in [1.165, 1.54) is 12.1 Å². The summed E-state index contributed by atoms with van der Waals surface area (Å²) in [6.45, 7) is 2.05. The maximum Gasteiger partial charge on any atom is 0.133 e. The number of halogens is 3. The Morgan fingerprint density at radius 1 is 1.25 bits per heavy atom. The van der Waals surface area contributed by atoms with Gasteiger partial charge in [-0.3, -0.25) is 0 Å². The predicted octanol–water partition coefficient (Wildman–Crippen LogP) is 4.63. The van der Waals surface area contributed by atoms with Crippen molar-refractivity contribution in [1.82, 2.24) is 4.98 Å². The third kappa shape index (κ3) is 2.13. The van der Waals surface area contributed by atoms with Gasteiger partial charge in [-0.15, -0.1) is 0 Å². The summed E-state index contributed by atoms with van der Waals surface area (Å²) in [6, 6.07) is 4.51. The molecule has 0 N–H and O–H groups in total. The van der Waals surface area contributed by atoms with E-state index in [9.17, 15) is 4.39 Å². The highest BCUT2D eigenvalue weighted by Crippen LogP contribution is 2.27. The minimum atomic E-state index is -0.357. The molecule has 0 radical (unpaired) electrons. The molecule has 0 bridgehead atoms. The molecular weight excluding hydrogens is 248 g/mol. The van der Waals surface area contributed by atoms with Crippen molar-refractivity contribution in [2.24, 2.45) is 0 Å². The van der Waals surface area contributed by atoms with Gasteiger partial charge in [0.1, 0.15) is 11.0 Å². The van der Waals surface area contributed by atoms with Gasteiger partial charge >= 0.3 is 0 Å². The quantitative estimate of drug-likeness (QED) is 0.715. The minimum Gasteiger partial charge on any atom is -0.234 e. The molecule has 1 nitrogen and oxygen atoms in total. The largest absolute Gasteiger partial charge is 0.234 e. The summed E-state index contributed by atoms with van der Waals surface area (Å²) in [5.41, 5.74) is 1.48. The molecule has 0 aliphatic rings. The lowest BCUT2D eigenvalue weighted by atomic mass is 10.1. The van der Waals surface area contributed by atoms with Crippen LogP contribution in [0.3, 0.4) is 0 Å². The van der Waals surface area contributed by atoms with Crippen molar-refractivity contribution in [2.75, 3.05) is 0 Å². The first-order valence-electron chi connectivity index (χ1n) is 5.06. The summed E-state index contributed by atoms with van der Waals surface area (Å²) in [7, 11) is 0. The summed E-state index contributed by atoms with van der Waals surface area (Å²) >= 11 is 11.9. The topological polar surface area (TPSA) is 12.9 Å². The fraction of sp³-hybridized carbons (Fsp3) is 0.250. The molecule has 0 aliphatic heterocycles. The van der Waals surface area contributed by atoms with Gasteiger partial charge in [-0.2, -0.15) is 0 Å². The standard InChI is InChI=1S/C12H10Cl2FN/c1-2-3-7-4-8-5-9(15)6-10(13)11(8)16-12(7)14/h4-6H,2-3H2,1H3. The van der Waals surface area contributed by atoms with Gasteiger partial charge in [0.25, 0.3) is 0 Å². The zero-order valence-corrected chi connectivity index (χ0v) is 10.2. The van der Waals surface area contributed by atoms with E-state index in [1.54, 1.807) is 0 Å². The Balaban J connectivity index is 2.69. The lowest BCUT2D eigenvalue weighted by molar-refractivity contribution is 0.629. The fourth-order valence-corrected chi connectivity index (χ4v) is 2.16. The number of aromatic nitrogens is 1. The lowest BCUT2D eigenvalue weighted by Crippen LogP contribution is -1.91. The van der Waals surface area contributed by atoms with E-state index in [0.717, 1.165) is 18.4 Å². The van der Waals surface area contributed by atoms with Crippen molar-refractivity contribution in [2.45, 2.75) is 19.8 Å². The van der Waals surface area contributed by atoms with E-state index in [0.29, 0.717) is 21.1 Å². The number of rotatable bonds is 2. The molecule has 1 aromatic carbocycles. The van der Waals surface area contributed by atoms with Gasteiger partial charge in [0.15, 0.2) is 0 Å². The van der Waals surface area contributed by atoms with Crippen molar-refractivity contribution in [3.05, 3.63) is 39.8 Å². The molecule has 0 amide bonds. The second-order valence-electron chi connectivity index (χ2n) is 3.65. The average molecular weight is 258 g/mol. The number of nitrogens with zero attached hydrogens (tertiary/aromatic N) is 1. The van der Waals surface area contributed by atoms with Crippen LogP contribution in [0.5, 0.6) is 0 Å². The van der Waals surface area contributed by atoms with Crippen LogP contribution >= 0.6 is 23.2 Å². The van der Waals surface area contributed by atoms with Crippen molar-refractivity contribution in [3.63, 3.8) is 0 Å². The van der Waals surface area contributed by atoms with Crippen LogP contribution in [0.25, 0.3) is 10.9 Å². The number of hydrogen-bond donors (Lipinski definition) is 0. The molecule has 2 rings (SSSR count). The van der Waals surface area contributed by atoms with Crippen LogP contribution in [0.1, 0.15) is 18.9 Å². The Bertz CT molecular complexity index is 540. The zero-order chi connectivity index (χ0) is 11.7. The third-order valence-electron chi connectivity index (χ3n) is 2.38. The molecule has 0 saturated carbocycles. The predicted molar refractivity (Wildman–Crippen MR) is 65.7 cm³/mol. The van der Waals surface area contributed by atoms with Gasteiger partial charge in [-0.25, -0.2) is 9.37 Å². The lowest BCUT2D eigenvalue weighted by Gasteiger charge is -2.06. The highest BCUT2D eigenvalue weighted by molar-refractivity contribution is 6.35. The molecule has 2 aromatic rings. The highest BCUT2D eigenvalue weighted by atomic mass is 35.5. The van der Waals surface area contributed by atoms with Gasteiger partial charge in [0.2, 0.25) is 0 Å². The van der Waals surface area contributed by atoms with Gasteiger partial charge < -0.3 is 0 Å². The van der Waals surface area contributed by atoms with E-state index in [1.807, 2.05) is 6.07 Å². The summed E-state index contributed by atoms with van der Waals surface area (Å²) in [5, 5.41) is 1.43. The molecule has 0 fully saturated rings. The Labute approximate surface area is 103 Å². The number of fused-ring (bicyclic) bond motifs is 1. The Kier molecular flexibility index (Phi) is 3.31. The van der Waals surface area contributed by atoms with Crippen LogP contribution in [0, 0.1) is 5.82 Å². The maximum atomic E-state index is 13.2. The third-order valence-corrected chi connectivity index (χ3v) is 3.00. The molecule has 16 heavy (non-hydrogen) atoms. The summed E-state index contributed by atoms with van der Waals surface area (Å²) < 4.78 is 13.2. The van der Waals surface area contributed by atoms with Gasteiger partial charge in [-0.1, -0.05) is 36.5 Å². The number of pyridine rings is 1. The summed E-state index contributed by atoms with van der Waals surface area (Å²) in [4.78, 5) is 4.20. The monoisotopic (exact) mass is 257 g/mol. The molecule has 0 aliphatic carbocycles. The van der Waals surface area contributed by atoms with E-state index < -0.39 is 0 Å². The Hall–Kier alpha value is -0.860. The number of benzene rings is 1. The molecule has 0 atom stereocenters. The molecule has 0 saturated heterocycles. The Morgan fingerprint density at radius 3 is 2.69 bits per heavy atom. The van der Waals surface area contributed by atoms with Crippen LogP contribution in [-0.2, 0) is 6.42 Å². The zero-order valence-electron chi connectivity index (χ0n) is 8.73. The molecule has 0 spiro atoms. The van der Waals surface area contributed by atoms with E-state index in [4.69, 9.17) is 23.2 Å². The number of aryl methyl sites for hydroxylation is 1. The first-order chi connectivity index (χ1) is 7.61. The maximum absolute atomic E-state index is 13.2. The molecular formula is C12H10Cl2FN. The van der Waals surface area contributed by atoms with Crippen LogP contribution in [0.15, 0.2) is 18.2 Å². The van der Waals surface area contributed by atoms with E-state index in [2.05, 4.69) is 11.9 Å². The van der Waals surface area contributed by atoms with Crippen molar-refractivity contribution in [3.8, 4) is 0 Å². The fourth-order valence-electron chi connectivity index (χ4n) is 1.68. The van der Waals surface area contributed by atoms with E-state index in [-0.39, 0.29) is 5.82 Å². The Morgan fingerprint density at radius 2 is 2.00 bits per heavy atom. The van der Waals surface area contributed by atoms with Crippen molar-refractivity contribution < 1.29 is 4.39 Å². The number of hydrogen-bond acceptors (Lipinski definition) is 1. The average Bonchev–Trinajstić information content (AvgIpc) is 2.21.